The van der Waals surface area contributed by atoms with Crippen molar-refractivity contribution in [3.63, 3.8) is 0 Å². The molecular formula is C19H19Cl2N3O3. The van der Waals surface area contributed by atoms with Crippen LogP contribution in [0.25, 0.3) is 0 Å². The molecule has 0 radical (unpaired) electrons. The molecule has 1 unspecified atom stereocenters. The first-order valence-corrected chi connectivity index (χ1v) is 9.85. The highest BCUT2D eigenvalue weighted by Gasteiger charge is 2.34. The molecule has 1 N–H and O–H groups in total. The van der Waals surface area contributed by atoms with Crippen molar-refractivity contribution in [2.24, 2.45) is 0 Å². The van der Waals surface area contributed by atoms with E-state index in [1.165, 1.54) is 0 Å². The van der Waals surface area contributed by atoms with E-state index in [0.717, 1.165) is 43.4 Å². The summed E-state index contributed by atoms with van der Waals surface area (Å²) in [6.07, 6.45) is 5.01. The second-order valence-electron chi connectivity index (χ2n) is 6.90. The molecule has 1 aromatic heterocycles. The molecule has 2 aromatic rings. The van der Waals surface area contributed by atoms with Gasteiger partial charge in [-0.1, -0.05) is 28.4 Å². The fourth-order valence-electron chi connectivity index (χ4n) is 3.74. The second kappa shape index (κ2) is 7.52. The molecule has 8 heteroatoms. The first kappa shape index (κ1) is 18.3. The molecule has 1 atom stereocenters. The molecule has 4 rings (SSSR count). The number of nitrogens with zero attached hydrogens (tertiary/aromatic N) is 2. The summed E-state index contributed by atoms with van der Waals surface area (Å²) in [5.74, 6) is -0.334. The molecule has 1 saturated heterocycles. The number of aryl methyl sites for hydroxylation is 1. The minimum Gasteiger partial charge on any atom is -0.350 e. The summed E-state index contributed by atoms with van der Waals surface area (Å²) in [6.45, 7) is 0.546. The van der Waals surface area contributed by atoms with Gasteiger partial charge in [-0.25, -0.2) is 0 Å². The zero-order valence-corrected chi connectivity index (χ0v) is 16.1. The standard InChI is InChI=1S/C19H19Cl2N3O3/c20-11-7-8-16(13(21)10-11)24-9-3-6-15(19(24)26)22-18(25)17-12-4-1-2-5-14(12)23-27-17/h7-8,10,15H,1-6,9H2,(H,22,25). The van der Waals surface area contributed by atoms with Crippen molar-refractivity contribution in [1.29, 1.82) is 0 Å². The van der Waals surface area contributed by atoms with Crippen LogP contribution in [0.15, 0.2) is 22.7 Å². The van der Waals surface area contributed by atoms with Crippen molar-refractivity contribution in [1.82, 2.24) is 10.5 Å². The van der Waals surface area contributed by atoms with E-state index in [1.807, 2.05) is 0 Å². The Kier molecular flexibility index (Phi) is 5.10. The maximum Gasteiger partial charge on any atom is 0.290 e. The van der Waals surface area contributed by atoms with Gasteiger partial charge in [-0.2, -0.15) is 0 Å². The summed E-state index contributed by atoms with van der Waals surface area (Å²) in [4.78, 5) is 27.2. The van der Waals surface area contributed by atoms with Crippen LogP contribution in [0.4, 0.5) is 5.69 Å². The molecule has 1 fully saturated rings. The fourth-order valence-corrected chi connectivity index (χ4v) is 4.25. The van der Waals surface area contributed by atoms with Gasteiger partial charge in [-0.3, -0.25) is 9.59 Å². The Labute approximate surface area is 166 Å². The van der Waals surface area contributed by atoms with E-state index in [2.05, 4.69) is 10.5 Å². The van der Waals surface area contributed by atoms with E-state index in [1.54, 1.807) is 23.1 Å². The molecule has 0 saturated carbocycles. The van der Waals surface area contributed by atoms with Crippen molar-refractivity contribution in [3.05, 3.63) is 45.3 Å². The largest absolute Gasteiger partial charge is 0.350 e. The zero-order valence-electron chi connectivity index (χ0n) is 14.6. The average molecular weight is 408 g/mol. The predicted molar refractivity (Wildman–Crippen MR) is 102 cm³/mol. The van der Waals surface area contributed by atoms with Gasteiger partial charge in [0.1, 0.15) is 6.04 Å². The molecule has 27 heavy (non-hydrogen) atoms. The van der Waals surface area contributed by atoms with E-state index >= 15 is 0 Å². The minimum absolute atomic E-state index is 0.188. The summed E-state index contributed by atoms with van der Waals surface area (Å²) in [5.41, 5.74) is 2.33. The molecule has 0 spiro atoms. The normalized spacial score (nSPS) is 19.7. The lowest BCUT2D eigenvalue weighted by atomic mass is 9.95. The Bertz CT molecular complexity index is 896. The summed E-state index contributed by atoms with van der Waals surface area (Å²) < 4.78 is 5.28. The van der Waals surface area contributed by atoms with Crippen LogP contribution in [0.1, 0.15) is 47.5 Å². The van der Waals surface area contributed by atoms with E-state index in [-0.39, 0.29) is 17.6 Å². The van der Waals surface area contributed by atoms with Crippen LogP contribution in [0.5, 0.6) is 0 Å². The number of hydrogen-bond donors (Lipinski definition) is 1. The zero-order chi connectivity index (χ0) is 19.0. The number of nitrogens with one attached hydrogen (secondary N) is 1. The van der Waals surface area contributed by atoms with E-state index in [9.17, 15) is 9.59 Å². The number of amides is 2. The topological polar surface area (TPSA) is 75.4 Å². The lowest BCUT2D eigenvalue weighted by Crippen LogP contribution is -2.52. The predicted octanol–water partition coefficient (Wildman–Crippen LogP) is 3.79. The van der Waals surface area contributed by atoms with Crippen molar-refractivity contribution in [3.8, 4) is 0 Å². The number of aromatic nitrogens is 1. The highest BCUT2D eigenvalue weighted by molar-refractivity contribution is 6.36. The van der Waals surface area contributed by atoms with Gasteiger partial charge < -0.3 is 14.7 Å². The van der Waals surface area contributed by atoms with Gasteiger partial charge in [-0.15, -0.1) is 0 Å². The Morgan fingerprint density at radius 2 is 2.04 bits per heavy atom. The van der Waals surface area contributed by atoms with Crippen molar-refractivity contribution in [2.75, 3.05) is 11.4 Å². The second-order valence-corrected chi connectivity index (χ2v) is 7.74. The van der Waals surface area contributed by atoms with Crippen molar-refractivity contribution < 1.29 is 14.1 Å². The highest BCUT2D eigenvalue weighted by Crippen LogP contribution is 2.31. The quantitative estimate of drug-likeness (QED) is 0.839. The van der Waals surface area contributed by atoms with Crippen LogP contribution >= 0.6 is 23.2 Å². The third kappa shape index (κ3) is 3.56. The van der Waals surface area contributed by atoms with Crippen LogP contribution in [0, 0.1) is 0 Å². The van der Waals surface area contributed by atoms with E-state index in [0.29, 0.717) is 28.7 Å². The molecule has 1 aliphatic carbocycles. The minimum atomic E-state index is -0.623. The highest BCUT2D eigenvalue weighted by atomic mass is 35.5. The van der Waals surface area contributed by atoms with E-state index < -0.39 is 6.04 Å². The number of carbonyl (C=O) groups excluding carboxylic acids is 2. The third-order valence-electron chi connectivity index (χ3n) is 5.11. The van der Waals surface area contributed by atoms with Gasteiger partial charge in [-0.05, 0) is 56.7 Å². The van der Waals surface area contributed by atoms with Gasteiger partial charge in [0.05, 0.1) is 16.4 Å². The Morgan fingerprint density at radius 1 is 1.22 bits per heavy atom. The summed E-state index contributed by atoms with van der Waals surface area (Å²) >= 11 is 12.2. The van der Waals surface area contributed by atoms with Crippen molar-refractivity contribution >= 4 is 40.7 Å². The van der Waals surface area contributed by atoms with Gasteiger partial charge >= 0.3 is 0 Å². The fraction of sp³-hybridized carbons (Fsp3) is 0.421. The molecule has 6 nitrogen and oxygen atoms in total. The number of carbonyl (C=O) groups is 2. The number of benzene rings is 1. The maximum absolute atomic E-state index is 12.9. The Balaban J connectivity index is 1.51. The number of anilines is 1. The SMILES string of the molecule is O=C(NC1CCCN(c2ccc(Cl)cc2Cl)C1=O)c1onc2c1CCCC2. The first-order chi connectivity index (χ1) is 13.0. The lowest BCUT2D eigenvalue weighted by molar-refractivity contribution is -0.121. The van der Waals surface area contributed by atoms with Gasteiger partial charge in [0.2, 0.25) is 11.7 Å². The van der Waals surface area contributed by atoms with Crippen molar-refractivity contribution in [2.45, 2.75) is 44.6 Å². The van der Waals surface area contributed by atoms with Gasteiger partial charge in [0.25, 0.3) is 5.91 Å². The summed E-state index contributed by atoms with van der Waals surface area (Å²) in [6, 6.07) is 4.40. The molecule has 1 aromatic carbocycles. The van der Waals surface area contributed by atoms with Gasteiger partial charge in [0.15, 0.2) is 0 Å². The molecule has 2 amide bonds. The lowest BCUT2D eigenvalue weighted by Gasteiger charge is -2.33. The molecule has 142 valence electrons. The summed E-state index contributed by atoms with van der Waals surface area (Å²) in [5, 5.41) is 7.75. The molecule has 2 aliphatic rings. The molecule has 2 heterocycles. The maximum atomic E-state index is 12.9. The smallest absolute Gasteiger partial charge is 0.290 e. The van der Waals surface area contributed by atoms with Crippen LogP contribution in [-0.4, -0.2) is 29.6 Å². The van der Waals surface area contributed by atoms with Crippen LogP contribution in [0.3, 0.4) is 0 Å². The first-order valence-electron chi connectivity index (χ1n) is 9.09. The molecular weight excluding hydrogens is 389 g/mol. The number of halogens is 2. The van der Waals surface area contributed by atoms with Crippen LogP contribution < -0.4 is 10.2 Å². The van der Waals surface area contributed by atoms with Gasteiger partial charge in [0, 0.05) is 17.1 Å². The number of piperidine rings is 1. The molecule has 1 aliphatic heterocycles. The summed E-state index contributed by atoms with van der Waals surface area (Å²) in [7, 11) is 0. The average Bonchev–Trinajstić information content (AvgIpc) is 3.08. The van der Waals surface area contributed by atoms with Crippen LogP contribution in [-0.2, 0) is 17.6 Å². The third-order valence-corrected chi connectivity index (χ3v) is 5.65. The van der Waals surface area contributed by atoms with Crippen LogP contribution in [0.2, 0.25) is 10.0 Å². The monoisotopic (exact) mass is 407 g/mol. The Morgan fingerprint density at radius 3 is 2.85 bits per heavy atom. The van der Waals surface area contributed by atoms with E-state index in [4.69, 9.17) is 27.7 Å². The number of fused-ring (bicyclic) bond motifs is 1. The number of hydrogen-bond acceptors (Lipinski definition) is 4. The number of rotatable bonds is 3. The Hall–Kier alpha value is -2.05. The molecule has 0 bridgehead atoms.